The first-order valence-electron chi connectivity index (χ1n) is 8.90. The van der Waals surface area contributed by atoms with Crippen molar-refractivity contribution in [1.82, 2.24) is 20.6 Å². The van der Waals surface area contributed by atoms with Crippen LogP contribution in [0.1, 0.15) is 30.7 Å². The average Bonchev–Trinajstić information content (AvgIpc) is 3.20. The molecule has 0 aromatic carbocycles. The van der Waals surface area contributed by atoms with Gasteiger partial charge in [0.15, 0.2) is 17.6 Å². The van der Waals surface area contributed by atoms with Crippen molar-refractivity contribution in [3.05, 3.63) is 41.5 Å². The molecule has 1 aliphatic heterocycles. The van der Waals surface area contributed by atoms with Crippen LogP contribution in [0, 0.1) is 19.7 Å². The van der Waals surface area contributed by atoms with Gasteiger partial charge < -0.3 is 20.0 Å². The molecule has 1 atom stereocenters. The lowest BCUT2D eigenvalue weighted by Gasteiger charge is -2.19. The summed E-state index contributed by atoms with van der Waals surface area (Å²) in [5, 5.41) is 6.63. The first-order valence-corrected chi connectivity index (χ1v) is 8.90. The summed E-state index contributed by atoms with van der Waals surface area (Å²) in [4.78, 5) is 15.0. The number of hydrogen-bond donors (Lipinski definition) is 2. The maximum atomic E-state index is 13.9. The summed E-state index contributed by atoms with van der Waals surface area (Å²) >= 11 is 0. The van der Waals surface area contributed by atoms with Crippen molar-refractivity contribution in [2.45, 2.75) is 39.8 Å². The molecular formula is C18H25FN6O. The number of nitrogens with one attached hydrogen (secondary N) is 2. The van der Waals surface area contributed by atoms with Crippen LogP contribution in [0.2, 0.25) is 0 Å². The van der Waals surface area contributed by atoms with E-state index >= 15 is 0 Å². The minimum absolute atomic E-state index is 0.169. The van der Waals surface area contributed by atoms with Crippen LogP contribution in [0.4, 0.5) is 10.2 Å². The fourth-order valence-electron chi connectivity index (χ4n) is 2.95. The Morgan fingerprint density at radius 1 is 1.46 bits per heavy atom. The monoisotopic (exact) mass is 360 g/mol. The van der Waals surface area contributed by atoms with Crippen molar-refractivity contribution in [3.63, 3.8) is 0 Å². The van der Waals surface area contributed by atoms with Gasteiger partial charge in [0.2, 0.25) is 5.89 Å². The lowest BCUT2D eigenvalue weighted by Crippen LogP contribution is -2.44. The van der Waals surface area contributed by atoms with Crippen LogP contribution in [0.15, 0.2) is 27.7 Å². The Morgan fingerprint density at radius 2 is 2.31 bits per heavy atom. The molecule has 2 aromatic heterocycles. The molecule has 2 aromatic rings. The molecule has 1 aliphatic rings. The van der Waals surface area contributed by atoms with Gasteiger partial charge in [-0.1, -0.05) is 0 Å². The molecule has 0 aliphatic carbocycles. The predicted molar refractivity (Wildman–Crippen MR) is 98.7 cm³/mol. The number of rotatable bonds is 5. The van der Waals surface area contributed by atoms with E-state index in [9.17, 15) is 4.39 Å². The number of anilines is 1. The molecular weight excluding hydrogens is 335 g/mol. The van der Waals surface area contributed by atoms with Gasteiger partial charge in [0.05, 0.1) is 5.69 Å². The highest BCUT2D eigenvalue weighted by Gasteiger charge is 2.26. The predicted octanol–water partition coefficient (Wildman–Crippen LogP) is 2.16. The molecule has 0 amide bonds. The van der Waals surface area contributed by atoms with Gasteiger partial charge >= 0.3 is 0 Å². The number of pyridine rings is 1. The van der Waals surface area contributed by atoms with Gasteiger partial charge in [-0.3, -0.25) is 0 Å². The fraction of sp³-hybridized carbons (Fsp3) is 0.500. The van der Waals surface area contributed by atoms with Crippen molar-refractivity contribution < 1.29 is 8.81 Å². The summed E-state index contributed by atoms with van der Waals surface area (Å²) in [5.74, 6) is 2.24. The molecule has 7 nitrogen and oxygen atoms in total. The van der Waals surface area contributed by atoms with E-state index in [1.54, 1.807) is 12.3 Å². The zero-order valence-electron chi connectivity index (χ0n) is 15.4. The van der Waals surface area contributed by atoms with E-state index in [2.05, 4.69) is 25.6 Å². The Morgan fingerprint density at radius 3 is 3.00 bits per heavy atom. The third-order valence-electron chi connectivity index (χ3n) is 4.36. The third kappa shape index (κ3) is 4.30. The van der Waals surface area contributed by atoms with E-state index < -0.39 is 0 Å². The number of aryl methyl sites for hydroxylation is 2. The topological polar surface area (TPSA) is 78.6 Å². The van der Waals surface area contributed by atoms with Gasteiger partial charge in [-0.05, 0) is 39.3 Å². The molecule has 0 spiro atoms. The standard InChI is InChI=1S/C18H25FN6O/c1-4-20-18(22-10-16-23-12(2)13(3)26-16)24-14-7-9-25(11-14)17-15(19)6-5-8-21-17/h5-6,8,14H,4,7,9-11H2,1-3H3,(H2,20,22,24). The molecule has 1 saturated heterocycles. The van der Waals surface area contributed by atoms with Gasteiger partial charge in [-0.25, -0.2) is 19.4 Å². The van der Waals surface area contributed by atoms with Crippen LogP contribution in [-0.4, -0.2) is 41.6 Å². The van der Waals surface area contributed by atoms with Crippen LogP contribution < -0.4 is 15.5 Å². The number of aliphatic imine (C=N–C) groups is 1. The Balaban J connectivity index is 1.61. The summed E-state index contributed by atoms with van der Waals surface area (Å²) in [6.45, 7) is 8.37. The number of halogens is 1. The maximum absolute atomic E-state index is 13.9. The number of guanidine groups is 1. The Kier molecular flexibility index (Phi) is 5.70. The van der Waals surface area contributed by atoms with E-state index in [-0.39, 0.29) is 11.9 Å². The van der Waals surface area contributed by atoms with Crippen LogP contribution in [-0.2, 0) is 6.54 Å². The molecule has 0 saturated carbocycles. The zero-order chi connectivity index (χ0) is 18.5. The van der Waals surface area contributed by atoms with Crippen molar-refractivity contribution in [2.24, 2.45) is 4.99 Å². The van der Waals surface area contributed by atoms with Crippen LogP contribution in [0.3, 0.4) is 0 Å². The quantitative estimate of drug-likeness (QED) is 0.628. The number of nitrogens with zero attached hydrogens (tertiary/aromatic N) is 4. The fourth-order valence-corrected chi connectivity index (χ4v) is 2.95. The molecule has 1 unspecified atom stereocenters. The normalized spacial score (nSPS) is 17.6. The Bertz CT molecular complexity index is 755. The van der Waals surface area contributed by atoms with Crippen molar-refractivity contribution in [2.75, 3.05) is 24.5 Å². The smallest absolute Gasteiger partial charge is 0.216 e. The van der Waals surface area contributed by atoms with Crippen molar-refractivity contribution >= 4 is 11.8 Å². The SMILES string of the molecule is CCNC(=NCc1nc(C)c(C)o1)NC1CCN(c2ncccc2F)C1. The first kappa shape index (κ1) is 18.2. The van der Waals surface area contributed by atoms with Crippen LogP contribution >= 0.6 is 0 Å². The van der Waals surface area contributed by atoms with E-state index in [1.807, 2.05) is 25.7 Å². The Labute approximate surface area is 152 Å². The van der Waals surface area contributed by atoms with E-state index in [1.165, 1.54) is 6.07 Å². The molecule has 0 bridgehead atoms. The summed E-state index contributed by atoms with van der Waals surface area (Å²) in [7, 11) is 0. The molecule has 3 rings (SSSR count). The minimum Gasteiger partial charge on any atom is -0.444 e. The second kappa shape index (κ2) is 8.16. The highest BCUT2D eigenvalue weighted by molar-refractivity contribution is 5.80. The number of oxazole rings is 1. The lowest BCUT2D eigenvalue weighted by atomic mass is 10.3. The summed E-state index contributed by atoms with van der Waals surface area (Å²) in [5.41, 5.74) is 0.886. The van der Waals surface area contributed by atoms with Gasteiger partial charge in [0.25, 0.3) is 0 Å². The molecule has 1 fully saturated rings. The molecule has 2 N–H and O–H groups in total. The molecule has 0 radical (unpaired) electrons. The van der Waals surface area contributed by atoms with Gasteiger partial charge in [-0.15, -0.1) is 0 Å². The largest absolute Gasteiger partial charge is 0.444 e. The van der Waals surface area contributed by atoms with Crippen molar-refractivity contribution in [3.8, 4) is 0 Å². The minimum atomic E-state index is -0.289. The first-order chi connectivity index (χ1) is 12.6. The van der Waals surface area contributed by atoms with Gasteiger partial charge in [0, 0.05) is 31.9 Å². The Hall–Kier alpha value is -2.64. The molecule has 26 heavy (non-hydrogen) atoms. The van der Waals surface area contributed by atoms with E-state index in [0.29, 0.717) is 30.8 Å². The lowest BCUT2D eigenvalue weighted by molar-refractivity contribution is 0.472. The van der Waals surface area contributed by atoms with Crippen molar-refractivity contribution in [1.29, 1.82) is 0 Å². The second-order valence-electron chi connectivity index (χ2n) is 6.33. The number of aromatic nitrogens is 2. The van der Waals surface area contributed by atoms with Crippen LogP contribution in [0.5, 0.6) is 0 Å². The molecule has 3 heterocycles. The zero-order valence-corrected chi connectivity index (χ0v) is 15.4. The van der Waals surface area contributed by atoms with Gasteiger partial charge in [-0.2, -0.15) is 0 Å². The highest BCUT2D eigenvalue weighted by Crippen LogP contribution is 2.20. The summed E-state index contributed by atoms with van der Waals surface area (Å²) in [6, 6.07) is 3.21. The molecule has 8 heteroatoms. The second-order valence-corrected chi connectivity index (χ2v) is 6.33. The average molecular weight is 360 g/mol. The maximum Gasteiger partial charge on any atom is 0.216 e. The highest BCUT2D eigenvalue weighted by atomic mass is 19.1. The van der Waals surface area contributed by atoms with Crippen LogP contribution in [0.25, 0.3) is 0 Å². The van der Waals surface area contributed by atoms with E-state index in [0.717, 1.165) is 31.0 Å². The number of hydrogen-bond acceptors (Lipinski definition) is 5. The summed E-state index contributed by atoms with van der Waals surface area (Å²) < 4.78 is 19.5. The van der Waals surface area contributed by atoms with E-state index in [4.69, 9.17) is 4.42 Å². The summed E-state index contributed by atoms with van der Waals surface area (Å²) in [6.07, 6.45) is 2.50. The molecule has 140 valence electrons. The third-order valence-corrected chi connectivity index (χ3v) is 4.36. The van der Waals surface area contributed by atoms with Gasteiger partial charge in [0.1, 0.15) is 12.3 Å².